The van der Waals surface area contributed by atoms with Gasteiger partial charge in [0.1, 0.15) is 5.69 Å². The molecule has 3 aromatic rings. The van der Waals surface area contributed by atoms with Gasteiger partial charge >= 0.3 is 0 Å². The van der Waals surface area contributed by atoms with Gasteiger partial charge < -0.3 is 9.13 Å². The molecule has 0 saturated carbocycles. The first-order chi connectivity index (χ1) is 9.66. The third kappa shape index (κ3) is 2.14. The molecule has 102 valence electrons. The molecule has 0 radical (unpaired) electrons. The van der Waals surface area contributed by atoms with Crippen LogP contribution in [0.3, 0.4) is 0 Å². The number of aromatic nitrogens is 2. The third-order valence-corrected chi connectivity index (χ3v) is 4.26. The summed E-state index contributed by atoms with van der Waals surface area (Å²) in [6.45, 7) is 0. The van der Waals surface area contributed by atoms with Gasteiger partial charge in [0.25, 0.3) is 5.91 Å². The Labute approximate surface area is 119 Å². The van der Waals surface area contributed by atoms with Gasteiger partial charge in [0, 0.05) is 20.3 Å². The van der Waals surface area contributed by atoms with Crippen molar-refractivity contribution in [2.24, 2.45) is 19.2 Å². The molecule has 0 aliphatic rings. The summed E-state index contributed by atoms with van der Waals surface area (Å²) in [5, 5.41) is 4.21. The molecule has 0 bridgehead atoms. The molecule has 1 amide bonds. The summed E-state index contributed by atoms with van der Waals surface area (Å²) in [7, 11) is 3.76. The number of hydrogen-bond acceptors (Lipinski definition) is 3. The number of carbonyl (C=O) groups is 1. The molecule has 0 saturated heterocycles. The SMILES string of the molecule is Cn1cccc1C(=O)N/N=c1/sc2ccccc2n1C. The number of nitrogens with zero attached hydrogens (tertiary/aromatic N) is 3. The Balaban J connectivity index is 1.94. The molecule has 0 aliphatic heterocycles. The second kappa shape index (κ2) is 4.97. The van der Waals surface area contributed by atoms with Crippen LogP contribution in [0.5, 0.6) is 0 Å². The Morgan fingerprint density at radius 1 is 1.20 bits per heavy atom. The van der Waals surface area contributed by atoms with E-state index >= 15 is 0 Å². The van der Waals surface area contributed by atoms with Gasteiger partial charge in [0.05, 0.1) is 10.2 Å². The van der Waals surface area contributed by atoms with E-state index in [1.54, 1.807) is 22.0 Å². The van der Waals surface area contributed by atoms with Crippen LogP contribution in [-0.4, -0.2) is 15.0 Å². The highest BCUT2D eigenvalue weighted by molar-refractivity contribution is 7.16. The van der Waals surface area contributed by atoms with Crippen molar-refractivity contribution in [2.75, 3.05) is 0 Å². The molecular formula is C14H14N4OS. The Kier molecular flexibility index (Phi) is 3.15. The van der Waals surface area contributed by atoms with Crippen molar-refractivity contribution in [2.45, 2.75) is 0 Å². The van der Waals surface area contributed by atoms with Gasteiger partial charge in [-0.1, -0.05) is 23.5 Å². The number of nitrogens with one attached hydrogen (secondary N) is 1. The van der Waals surface area contributed by atoms with E-state index in [2.05, 4.69) is 10.5 Å². The van der Waals surface area contributed by atoms with Crippen LogP contribution in [-0.2, 0) is 14.1 Å². The minimum absolute atomic E-state index is 0.213. The highest BCUT2D eigenvalue weighted by Crippen LogP contribution is 2.14. The maximum atomic E-state index is 12.0. The Hall–Kier alpha value is -2.34. The largest absolute Gasteiger partial charge is 0.347 e. The number of amides is 1. The maximum absolute atomic E-state index is 12.0. The molecule has 1 N–H and O–H groups in total. The maximum Gasteiger partial charge on any atom is 0.288 e. The van der Waals surface area contributed by atoms with Crippen molar-refractivity contribution >= 4 is 27.5 Å². The summed E-state index contributed by atoms with van der Waals surface area (Å²) < 4.78 is 4.86. The molecule has 2 heterocycles. The van der Waals surface area contributed by atoms with E-state index in [0.29, 0.717) is 5.69 Å². The normalized spacial score (nSPS) is 12.0. The lowest BCUT2D eigenvalue weighted by molar-refractivity contribution is 0.0945. The molecule has 0 atom stereocenters. The molecule has 0 unspecified atom stereocenters. The van der Waals surface area contributed by atoms with Crippen LogP contribution < -0.4 is 10.2 Å². The first-order valence-electron chi connectivity index (χ1n) is 6.17. The fourth-order valence-corrected chi connectivity index (χ4v) is 3.02. The summed E-state index contributed by atoms with van der Waals surface area (Å²) in [5.41, 5.74) is 4.28. The van der Waals surface area contributed by atoms with Gasteiger partial charge in [0.2, 0.25) is 4.80 Å². The smallest absolute Gasteiger partial charge is 0.288 e. The predicted molar refractivity (Wildman–Crippen MR) is 79.2 cm³/mol. The quantitative estimate of drug-likeness (QED) is 0.718. The lowest BCUT2D eigenvalue weighted by Crippen LogP contribution is -2.24. The monoisotopic (exact) mass is 286 g/mol. The Morgan fingerprint density at radius 3 is 2.70 bits per heavy atom. The first-order valence-corrected chi connectivity index (χ1v) is 6.98. The van der Waals surface area contributed by atoms with Gasteiger partial charge in [-0.3, -0.25) is 4.79 Å². The number of carbonyl (C=O) groups excluding carboxylic acids is 1. The number of para-hydroxylation sites is 1. The number of rotatable bonds is 2. The minimum Gasteiger partial charge on any atom is -0.347 e. The molecule has 0 fully saturated rings. The van der Waals surface area contributed by atoms with Crippen LogP contribution in [0.15, 0.2) is 47.7 Å². The van der Waals surface area contributed by atoms with Crippen LogP contribution in [0.1, 0.15) is 10.5 Å². The molecule has 2 aromatic heterocycles. The van der Waals surface area contributed by atoms with E-state index in [1.807, 2.05) is 55.2 Å². The Bertz CT molecular complexity index is 840. The summed E-state index contributed by atoms with van der Waals surface area (Å²) >= 11 is 1.54. The highest BCUT2D eigenvalue weighted by atomic mass is 32.1. The number of aryl methyl sites for hydroxylation is 2. The van der Waals surface area contributed by atoms with E-state index in [0.717, 1.165) is 15.0 Å². The lowest BCUT2D eigenvalue weighted by atomic mass is 10.3. The Morgan fingerprint density at radius 2 is 2.00 bits per heavy atom. The van der Waals surface area contributed by atoms with Crippen LogP contribution in [0.4, 0.5) is 0 Å². The molecule has 0 spiro atoms. The standard InChI is InChI=1S/C14H14N4OS/c1-17-9-5-7-11(17)13(19)15-16-14-18(2)10-6-3-4-8-12(10)20-14/h3-9H,1-2H3,(H,15,19)/b16-14+. The molecule has 0 aliphatic carbocycles. The number of thiazole rings is 1. The van der Waals surface area contributed by atoms with Crippen LogP contribution in [0.25, 0.3) is 10.2 Å². The van der Waals surface area contributed by atoms with Gasteiger partial charge in [-0.2, -0.15) is 0 Å². The van der Waals surface area contributed by atoms with Crippen molar-refractivity contribution in [1.29, 1.82) is 0 Å². The van der Waals surface area contributed by atoms with E-state index < -0.39 is 0 Å². The lowest BCUT2D eigenvalue weighted by Gasteiger charge is -2.00. The number of fused-ring (bicyclic) bond motifs is 1. The fourth-order valence-electron chi connectivity index (χ4n) is 2.04. The average molecular weight is 286 g/mol. The van der Waals surface area contributed by atoms with Gasteiger partial charge in [-0.25, -0.2) is 5.43 Å². The van der Waals surface area contributed by atoms with Crippen molar-refractivity contribution in [3.8, 4) is 0 Å². The molecule has 5 nitrogen and oxygen atoms in total. The first kappa shape index (κ1) is 12.7. The molecule has 3 rings (SSSR count). The van der Waals surface area contributed by atoms with Gasteiger partial charge in [-0.05, 0) is 24.3 Å². The van der Waals surface area contributed by atoms with Crippen molar-refractivity contribution in [3.63, 3.8) is 0 Å². The highest BCUT2D eigenvalue weighted by Gasteiger charge is 2.08. The minimum atomic E-state index is -0.213. The molecular weight excluding hydrogens is 272 g/mol. The molecule has 20 heavy (non-hydrogen) atoms. The predicted octanol–water partition coefficient (Wildman–Crippen LogP) is 1.82. The molecule has 1 aromatic carbocycles. The van der Waals surface area contributed by atoms with Crippen molar-refractivity contribution < 1.29 is 4.79 Å². The number of hydrogen-bond donors (Lipinski definition) is 1. The summed E-state index contributed by atoms with van der Waals surface area (Å²) in [4.78, 5) is 12.8. The summed E-state index contributed by atoms with van der Waals surface area (Å²) in [6.07, 6.45) is 1.83. The van der Waals surface area contributed by atoms with E-state index in [1.165, 1.54) is 0 Å². The zero-order chi connectivity index (χ0) is 14.1. The van der Waals surface area contributed by atoms with Gasteiger partial charge in [-0.15, -0.1) is 5.10 Å². The van der Waals surface area contributed by atoms with Crippen molar-refractivity contribution in [3.05, 3.63) is 53.1 Å². The van der Waals surface area contributed by atoms with E-state index in [9.17, 15) is 4.79 Å². The average Bonchev–Trinajstić information content (AvgIpc) is 3.01. The zero-order valence-corrected chi connectivity index (χ0v) is 12.0. The van der Waals surface area contributed by atoms with Gasteiger partial charge in [0.15, 0.2) is 0 Å². The van der Waals surface area contributed by atoms with Crippen LogP contribution in [0, 0.1) is 0 Å². The topological polar surface area (TPSA) is 51.3 Å². The van der Waals surface area contributed by atoms with Crippen LogP contribution in [0.2, 0.25) is 0 Å². The van der Waals surface area contributed by atoms with Crippen LogP contribution >= 0.6 is 11.3 Å². The van der Waals surface area contributed by atoms with Crippen molar-refractivity contribution in [1.82, 2.24) is 14.6 Å². The summed E-state index contributed by atoms with van der Waals surface area (Å²) in [5.74, 6) is -0.213. The van der Waals surface area contributed by atoms with E-state index in [4.69, 9.17) is 0 Å². The second-order valence-corrected chi connectivity index (χ2v) is 5.48. The second-order valence-electron chi connectivity index (χ2n) is 4.47. The third-order valence-electron chi connectivity index (χ3n) is 3.14. The number of benzene rings is 1. The molecule has 6 heteroatoms. The fraction of sp³-hybridized carbons (Fsp3) is 0.143. The summed E-state index contributed by atoms with van der Waals surface area (Å²) in [6, 6.07) is 11.6. The van der Waals surface area contributed by atoms with E-state index in [-0.39, 0.29) is 5.91 Å². The zero-order valence-electron chi connectivity index (χ0n) is 11.2.